The number of amides is 1. The van der Waals surface area contributed by atoms with Crippen LogP contribution >= 0.6 is 15.9 Å². The number of carbonyl (C=O) groups is 1. The molecule has 0 aliphatic rings. The zero-order chi connectivity index (χ0) is 18.8. The van der Waals surface area contributed by atoms with Crippen molar-refractivity contribution in [1.29, 1.82) is 0 Å². The Balaban J connectivity index is 1.77. The maximum atomic E-state index is 13.7. The SMILES string of the molecule is CC(C(=O)Nc1ccc(F)c(F)c1F)n1nnc(-c2ccc(Br)cc2)n1. The van der Waals surface area contributed by atoms with Crippen LogP contribution in [0.4, 0.5) is 18.9 Å². The van der Waals surface area contributed by atoms with Crippen molar-refractivity contribution in [2.75, 3.05) is 5.32 Å². The van der Waals surface area contributed by atoms with Gasteiger partial charge in [0, 0.05) is 10.0 Å². The van der Waals surface area contributed by atoms with E-state index in [4.69, 9.17) is 0 Å². The smallest absolute Gasteiger partial charge is 0.250 e. The lowest BCUT2D eigenvalue weighted by Crippen LogP contribution is -2.26. The van der Waals surface area contributed by atoms with E-state index in [0.717, 1.165) is 21.4 Å². The van der Waals surface area contributed by atoms with E-state index in [2.05, 4.69) is 36.7 Å². The Morgan fingerprint density at radius 2 is 1.81 bits per heavy atom. The first-order valence-electron chi connectivity index (χ1n) is 7.36. The summed E-state index contributed by atoms with van der Waals surface area (Å²) in [7, 11) is 0. The molecule has 1 heterocycles. The van der Waals surface area contributed by atoms with Crippen LogP contribution in [-0.2, 0) is 4.79 Å². The van der Waals surface area contributed by atoms with Crippen molar-refractivity contribution in [3.05, 3.63) is 58.3 Å². The minimum absolute atomic E-state index is 0.302. The third-order valence-electron chi connectivity index (χ3n) is 3.55. The Hall–Kier alpha value is -2.75. The van der Waals surface area contributed by atoms with Gasteiger partial charge in [-0.1, -0.05) is 15.9 Å². The molecule has 0 bridgehead atoms. The van der Waals surface area contributed by atoms with Gasteiger partial charge in [0.25, 0.3) is 5.91 Å². The molecule has 10 heteroatoms. The minimum atomic E-state index is -1.66. The molecule has 1 aromatic heterocycles. The van der Waals surface area contributed by atoms with Crippen LogP contribution in [0.3, 0.4) is 0 Å². The molecule has 3 aromatic rings. The Bertz CT molecular complexity index is 961. The topological polar surface area (TPSA) is 72.7 Å². The molecule has 3 rings (SSSR count). The summed E-state index contributed by atoms with van der Waals surface area (Å²) < 4.78 is 40.7. The third-order valence-corrected chi connectivity index (χ3v) is 4.08. The van der Waals surface area contributed by atoms with Gasteiger partial charge >= 0.3 is 0 Å². The highest BCUT2D eigenvalue weighted by molar-refractivity contribution is 9.10. The van der Waals surface area contributed by atoms with E-state index in [0.29, 0.717) is 11.4 Å². The normalized spacial score (nSPS) is 12.0. The Kier molecular flexibility index (Phi) is 5.03. The number of nitrogens with one attached hydrogen (secondary N) is 1. The van der Waals surface area contributed by atoms with Gasteiger partial charge in [-0.05, 0) is 48.5 Å². The van der Waals surface area contributed by atoms with E-state index in [1.807, 2.05) is 0 Å². The number of hydrogen-bond donors (Lipinski definition) is 1. The van der Waals surface area contributed by atoms with E-state index in [-0.39, 0.29) is 0 Å². The summed E-state index contributed by atoms with van der Waals surface area (Å²) in [5, 5.41) is 14.0. The van der Waals surface area contributed by atoms with Gasteiger partial charge in [-0.3, -0.25) is 4.79 Å². The number of hydrogen-bond acceptors (Lipinski definition) is 4. The number of tetrazole rings is 1. The van der Waals surface area contributed by atoms with Gasteiger partial charge in [-0.15, -0.1) is 10.2 Å². The number of benzene rings is 2. The van der Waals surface area contributed by atoms with Crippen LogP contribution in [0.25, 0.3) is 11.4 Å². The molecule has 1 atom stereocenters. The zero-order valence-corrected chi connectivity index (χ0v) is 14.8. The van der Waals surface area contributed by atoms with Gasteiger partial charge < -0.3 is 5.32 Å². The molecule has 0 spiro atoms. The lowest BCUT2D eigenvalue weighted by Gasteiger charge is -2.11. The number of aromatic nitrogens is 4. The molecule has 0 radical (unpaired) electrons. The Labute approximate surface area is 154 Å². The summed E-state index contributed by atoms with van der Waals surface area (Å²) in [5.74, 6) is -4.89. The zero-order valence-electron chi connectivity index (χ0n) is 13.3. The largest absolute Gasteiger partial charge is 0.322 e. The molecule has 134 valence electrons. The van der Waals surface area contributed by atoms with E-state index in [1.54, 1.807) is 24.3 Å². The van der Waals surface area contributed by atoms with E-state index >= 15 is 0 Å². The summed E-state index contributed by atoms with van der Waals surface area (Å²) >= 11 is 3.32. The lowest BCUT2D eigenvalue weighted by atomic mass is 10.2. The molecule has 0 aliphatic heterocycles. The highest BCUT2D eigenvalue weighted by Crippen LogP contribution is 2.21. The van der Waals surface area contributed by atoms with Gasteiger partial charge in [0.05, 0.1) is 5.69 Å². The number of halogens is 4. The molecule has 1 N–H and O–H groups in total. The molecule has 6 nitrogen and oxygen atoms in total. The fourth-order valence-corrected chi connectivity index (χ4v) is 2.33. The first-order valence-corrected chi connectivity index (χ1v) is 8.16. The summed E-state index contributed by atoms with van der Waals surface area (Å²) in [6, 6.07) is 7.84. The molecular formula is C16H11BrF3N5O. The lowest BCUT2D eigenvalue weighted by molar-refractivity contribution is -0.119. The van der Waals surface area contributed by atoms with Gasteiger partial charge in [-0.2, -0.15) is 4.80 Å². The van der Waals surface area contributed by atoms with E-state index in [9.17, 15) is 18.0 Å². The van der Waals surface area contributed by atoms with Crippen molar-refractivity contribution < 1.29 is 18.0 Å². The summed E-state index contributed by atoms with van der Waals surface area (Å²) in [4.78, 5) is 13.3. The van der Waals surface area contributed by atoms with E-state index < -0.39 is 35.1 Å². The van der Waals surface area contributed by atoms with E-state index in [1.165, 1.54) is 6.92 Å². The minimum Gasteiger partial charge on any atom is -0.322 e. The number of carbonyl (C=O) groups excluding carboxylic acids is 1. The Morgan fingerprint density at radius 3 is 2.50 bits per heavy atom. The van der Waals surface area contributed by atoms with Gasteiger partial charge in [0.15, 0.2) is 17.5 Å². The predicted octanol–water partition coefficient (Wildman–Crippen LogP) is 3.72. The van der Waals surface area contributed by atoms with Crippen molar-refractivity contribution in [1.82, 2.24) is 20.2 Å². The second-order valence-electron chi connectivity index (χ2n) is 5.33. The van der Waals surface area contributed by atoms with Crippen LogP contribution in [0.1, 0.15) is 13.0 Å². The van der Waals surface area contributed by atoms with Crippen LogP contribution in [0.5, 0.6) is 0 Å². The molecule has 0 aliphatic carbocycles. The second-order valence-corrected chi connectivity index (χ2v) is 6.24. The maximum absolute atomic E-state index is 13.7. The van der Waals surface area contributed by atoms with Crippen LogP contribution in [0, 0.1) is 17.5 Å². The Morgan fingerprint density at radius 1 is 1.12 bits per heavy atom. The molecule has 0 saturated carbocycles. The molecule has 0 fully saturated rings. The molecule has 1 amide bonds. The van der Waals surface area contributed by atoms with Crippen LogP contribution in [0.2, 0.25) is 0 Å². The van der Waals surface area contributed by atoms with Crippen molar-refractivity contribution in [3.8, 4) is 11.4 Å². The fraction of sp³-hybridized carbons (Fsp3) is 0.125. The predicted molar refractivity (Wildman–Crippen MR) is 90.6 cm³/mol. The average molecular weight is 426 g/mol. The first-order chi connectivity index (χ1) is 12.4. The van der Waals surface area contributed by atoms with Crippen LogP contribution in [-0.4, -0.2) is 26.1 Å². The fourth-order valence-electron chi connectivity index (χ4n) is 2.07. The number of nitrogens with zero attached hydrogens (tertiary/aromatic N) is 4. The standard InChI is InChI=1S/C16H11BrF3N5O/c1-8(16(26)21-12-7-6-11(18)13(19)14(12)20)25-23-15(22-24-25)9-2-4-10(17)5-3-9/h2-8H,1H3,(H,21,26). The average Bonchev–Trinajstić information content (AvgIpc) is 3.12. The quantitative estimate of drug-likeness (QED) is 0.646. The second kappa shape index (κ2) is 7.24. The van der Waals surface area contributed by atoms with Crippen molar-refractivity contribution in [2.45, 2.75) is 13.0 Å². The van der Waals surface area contributed by atoms with Crippen molar-refractivity contribution in [3.63, 3.8) is 0 Å². The summed E-state index contributed by atoms with van der Waals surface area (Å²) in [6.07, 6.45) is 0. The molecule has 2 aromatic carbocycles. The van der Waals surface area contributed by atoms with Crippen molar-refractivity contribution >= 4 is 27.5 Å². The van der Waals surface area contributed by atoms with Crippen LogP contribution in [0.15, 0.2) is 40.9 Å². The maximum Gasteiger partial charge on any atom is 0.250 e. The van der Waals surface area contributed by atoms with Crippen LogP contribution < -0.4 is 5.32 Å². The van der Waals surface area contributed by atoms with Gasteiger partial charge in [-0.25, -0.2) is 13.2 Å². The number of anilines is 1. The number of rotatable bonds is 4. The molecular weight excluding hydrogens is 415 g/mol. The molecule has 26 heavy (non-hydrogen) atoms. The highest BCUT2D eigenvalue weighted by Gasteiger charge is 2.22. The van der Waals surface area contributed by atoms with Crippen molar-refractivity contribution in [2.24, 2.45) is 0 Å². The summed E-state index contributed by atoms with van der Waals surface area (Å²) in [6.45, 7) is 1.46. The highest BCUT2D eigenvalue weighted by atomic mass is 79.9. The first kappa shape index (κ1) is 18.1. The third kappa shape index (κ3) is 3.59. The van der Waals surface area contributed by atoms with Gasteiger partial charge in [0.1, 0.15) is 6.04 Å². The molecule has 0 saturated heterocycles. The monoisotopic (exact) mass is 425 g/mol. The molecule has 1 unspecified atom stereocenters. The summed E-state index contributed by atoms with van der Waals surface area (Å²) in [5.41, 5.74) is 0.215. The van der Waals surface area contributed by atoms with Gasteiger partial charge in [0.2, 0.25) is 5.82 Å².